The summed E-state index contributed by atoms with van der Waals surface area (Å²) in [5, 5.41) is 3.61. The number of anilines is 1. The number of methoxy groups -OCH3 is 1. The third-order valence-corrected chi connectivity index (χ3v) is 6.20. The SMILES string of the molecule is CCN1CCC(CCNC(=NC)N2CCN(c3cccc(OC)c3)CC2)CC1. The Morgan fingerprint density at radius 3 is 2.54 bits per heavy atom. The van der Waals surface area contributed by atoms with Crippen molar-refractivity contribution >= 4 is 11.6 Å². The lowest BCUT2D eigenvalue weighted by atomic mass is 9.93. The summed E-state index contributed by atoms with van der Waals surface area (Å²) in [4.78, 5) is 11.9. The third kappa shape index (κ3) is 5.53. The first-order valence-corrected chi connectivity index (χ1v) is 10.8. The van der Waals surface area contributed by atoms with Crippen LogP contribution in [0.25, 0.3) is 0 Å². The lowest BCUT2D eigenvalue weighted by Crippen LogP contribution is -2.52. The second kappa shape index (κ2) is 10.6. The molecule has 6 nitrogen and oxygen atoms in total. The molecule has 1 aromatic carbocycles. The van der Waals surface area contributed by atoms with Gasteiger partial charge in [0.1, 0.15) is 5.75 Å². The normalized spacial score (nSPS) is 19.8. The van der Waals surface area contributed by atoms with E-state index in [9.17, 15) is 0 Å². The van der Waals surface area contributed by atoms with Crippen LogP contribution in [0.4, 0.5) is 5.69 Å². The van der Waals surface area contributed by atoms with Crippen LogP contribution in [0.2, 0.25) is 0 Å². The van der Waals surface area contributed by atoms with E-state index in [1.54, 1.807) is 7.11 Å². The highest BCUT2D eigenvalue weighted by molar-refractivity contribution is 5.80. The molecular weight excluding hydrogens is 350 g/mol. The van der Waals surface area contributed by atoms with Gasteiger partial charge in [-0.15, -0.1) is 0 Å². The van der Waals surface area contributed by atoms with Crippen molar-refractivity contribution in [1.29, 1.82) is 0 Å². The predicted molar refractivity (Wildman–Crippen MR) is 118 cm³/mol. The van der Waals surface area contributed by atoms with Gasteiger partial charge < -0.3 is 24.8 Å². The van der Waals surface area contributed by atoms with Crippen LogP contribution < -0.4 is 15.0 Å². The van der Waals surface area contributed by atoms with Crippen LogP contribution in [-0.4, -0.2) is 82.3 Å². The van der Waals surface area contributed by atoms with E-state index in [2.05, 4.69) is 50.1 Å². The molecule has 1 N–H and O–H groups in total. The average Bonchev–Trinajstić information content (AvgIpc) is 2.77. The summed E-state index contributed by atoms with van der Waals surface area (Å²) < 4.78 is 5.36. The molecule has 2 aliphatic heterocycles. The Kier molecular flexibility index (Phi) is 7.83. The number of likely N-dealkylation sites (tertiary alicyclic amines) is 1. The zero-order chi connectivity index (χ0) is 19.8. The molecule has 0 spiro atoms. The predicted octanol–water partition coefficient (Wildman–Crippen LogP) is 2.51. The molecule has 28 heavy (non-hydrogen) atoms. The van der Waals surface area contributed by atoms with E-state index in [0.717, 1.165) is 50.4 Å². The van der Waals surface area contributed by atoms with Gasteiger partial charge in [-0.3, -0.25) is 4.99 Å². The summed E-state index contributed by atoms with van der Waals surface area (Å²) in [7, 11) is 3.62. The van der Waals surface area contributed by atoms with E-state index >= 15 is 0 Å². The van der Waals surface area contributed by atoms with Crippen LogP contribution in [0.1, 0.15) is 26.2 Å². The van der Waals surface area contributed by atoms with Gasteiger partial charge in [0.05, 0.1) is 7.11 Å². The molecular formula is C22H37N5O. The van der Waals surface area contributed by atoms with Crippen molar-refractivity contribution in [3.63, 3.8) is 0 Å². The molecule has 2 saturated heterocycles. The molecule has 0 aliphatic carbocycles. The summed E-state index contributed by atoms with van der Waals surface area (Å²) in [6, 6.07) is 8.34. The Morgan fingerprint density at radius 1 is 1.14 bits per heavy atom. The van der Waals surface area contributed by atoms with Crippen molar-refractivity contribution < 1.29 is 4.74 Å². The maximum atomic E-state index is 5.36. The van der Waals surface area contributed by atoms with Crippen molar-refractivity contribution in [2.24, 2.45) is 10.9 Å². The van der Waals surface area contributed by atoms with Crippen LogP contribution in [0.5, 0.6) is 5.75 Å². The van der Waals surface area contributed by atoms with Gasteiger partial charge in [0.25, 0.3) is 0 Å². The molecule has 0 atom stereocenters. The molecule has 0 amide bonds. The monoisotopic (exact) mass is 387 g/mol. The van der Waals surface area contributed by atoms with Crippen LogP contribution >= 0.6 is 0 Å². The summed E-state index contributed by atoms with van der Waals surface area (Å²) >= 11 is 0. The fraction of sp³-hybridized carbons (Fsp3) is 0.682. The number of nitrogens with one attached hydrogen (secondary N) is 1. The molecule has 0 saturated carbocycles. The van der Waals surface area contributed by atoms with E-state index < -0.39 is 0 Å². The number of hydrogen-bond acceptors (Lipinski definition) is 4. The number of piperidine rings is 1. The Balaban J connectivity index is 1.41. The molecule has 2 aliphatic rings. The van der Waals surface area contributed by atoms with E-state index in [0.29, 0.717) is 0 Å². The summed E-state index contributed by atoms with van der Waals surface area (Å²) in [6.45, 7) is 11.0. The van der Waals surface area contributed by atoms with Crippen LogP contribution in [0.15, 0.2) is 29.3 Å². The first kappa shape index (κ1) is 20.8. The van der Waals surface area contributed by atoms with Crippen LogP contribution in [-0.2, 0) is 0 Å². The van der Waals surface area contributed by atoms with E-state index in [4.69, 9.17) is 4.74 Å². The second-order valence-corrected chi connectivity index (χ2v) is 7.82. The quantitative estimate of drug-likeness (QED) is 0.600. The highest BCUT2D eigenvalue weighted by atomic mass is 16.5. The molecule has 6 heteroatoms. The van der Waals surface area contributed by atoms with Crippen molar-refractivity contribution in [1.82, 2.24) is 15.1 Å². The molecule has 2 fully saturated rings. The smallest absolute Gasteiger partial charge is 0.193 e. The number of hydrogen-bond donors (Lipinski definition) is 1. The summed E-state index contributed by atoms with van der Waals surface area (Å²) in [5.41, 5.74) is 1.24. The van der Waals surface area contributed by atoms with Gasteiger partial charge >= 0.3 is 0 Å². The minimum absolute atomic E-state index is 0.860. The maximum absolute atomic E-state index is 5.36. The number of rotatable bonds is 6. The number of piperazine rings is 1. The lowest BCUT2D eigenvalue weighted by molar-refractivity contribution is 0.187. The number of nitrogens with zero attached hydrogens (tertiary/aromatic N) is 4. The van der Waals surface area contributed by atoms with Crippen molar-refractivity contribution in [2.75, 3.05) is 71.4 Å². The lowest BCUT2D eigenvalue weighted by Gasteiger charge is -2.38. The molecule has 0 aromatic heterocycles. The van der Waals surface area contributed by atoms with Gasteiger partial charge in [-0.25, -0.2) is 0 Å². The standard InChI is InChI=1S/C22H37N5O/c1-4-25-12-9-19(10-13-25)8-11-24-22(23-2)27-16-14-26(15-17-27)20-6-5-7-21(18-20)28-3/h5-7,18-19H,4,8-17H2,1-3H3,(H,23,24). The number of aliphatic imine (C=N–C) groups is 1. The fourth-order valence-electron chi connectivity index (χ4n) is 4.30. The second-order valence-electron chi connectivity index (χ2n) is 7.82. The summed E-state index contributed by atoms with van der Waals surface area (Å²) in [6.07, 6.45) is 3.93. The Labute approximate surface area is 170 Å². The van der Waals surface area contributed by atoms with E-state index in [-0.39, 0.29) is 0 Å². The molecule has 2 heterocycles. The number of guanidine groups is 1. The van der Waals surface area contributed by atoms with Gasteiger partial charge in [0, 0.05) is 51.5 Å². The van der Waals surface area contributed by atoms with Gasteiger partial charge in [-0.1, -0.05) is 13.0 Å². The highest BCUT2D eigenvalue weighted by Crippen LogP contribution is 2.22. The fourth-order valence-corrected chi connectivity index (χ4v) is 4.30. The van der Waals surface area contributed by atoms with Crippen LogP contribution in [0.3, 0.4) is 0 Å². The average molecular weight is 388 g/mol. The summed E-state index contributed by atoms with van der Waals surface area (Å²) in [5.74, 6) is 2.83. The first-order valence-electron chi connectivity index (χ1n) is 10.8. The Hall–Kier alpha value is -1.95. The molecule has 156 valence electrons. The molecule has 1 aromatic rings. The molecule has 0 radical (unpaired) electrons. The van der Waals surface area contributed by atoms with Gasteiger partial charge in [0.15, 0.2) is 5.96 Å². The Bertz CT molecular complexity index is 619. The van der Waals surface area contributed by atoms with E-state index in [1.807, 2.05) is 13.1 Å². The van der Waals surface area contributed by atoms with Gasteiger partial charge in [0.2, 0.25) is 0 Å². The largest absolute Gasteiger partial charge is 0.497 e. The minimum Gasteiger partial charge on any atom is -0.497 e. The van der Waals surface area contributed by atoms with Crippen molar-refractivity contribution in [2.45, 2.75) is 26.2 Å². The zero-order valence-electron chi connectivity index (χ0n) is 17.9. The highest BCUT2D eigenvalue weighted by Gasteiger charge is 2.21. The zero-order valence-corrected chi connectivity index (χ0v) is 17.9. The molecule has 3 rings (SSSR count). The van der Waals surface area contributed by atoms with E-state index in [1.165, 1.54) is 44.6 Å². The Morgan fingerprint density at radius 2 is 1.89 bits per heavy atom. The molecule has 0 bridgehead atoms. The first-order chi connectivity index (χ1) is 13.7. The maximum Gasteiger partial charge on any atom is 0.193 e. The van der Waals surface area contributed by atoms with Crippen LogP contribution in [0, 0.1) is 5.92 Å². The topological polar surface area (TPSA) is 43.3 Å². The van der Waals surface area contributed by atoms with Gasteiger partial charge in [-0.2, -0.15) is 0 Å². The van der Waals surface area contributed by atoms with Crippen molar-refractivity contribution in [3.8, 4) is 5.75 Å². The number of ether oxygens (including phenoxy) is 1. The minimum atomic E-state index is 0.860. The number of benzene rings is 1. The third-order valence-electron chi connectivity index (χ3n) is 6.20. The van der Waals surface area contributed by atoms with Crippen molar-refractivity contribution in [3.05, 3.63) is 24.3 Å². The van der Waals surface area contributed by atoms with Gasteiger partial charge in [-0.05, 0) is 56.9 Å². The molecule has 0 unspecified atom stereocenters.